The number of carbonyl (C=O) groups excluding carboxylic acids is 1. The lowest BCUT2D eigenvalue weighted by Crippen LogP contribution is -2.39. The number of hydrogen-bond donors (Lipinski definition) is 0. The fourth-order valence-electron chi connectivity index (χ4n) is 1.80. The van der Waals surface area contributed by atoms with Gasteiger partial charge in [0.15, 0.2) is 5.82 Å². The van der Waals surface area contributed by atoms with Crippen LogP contribution < -0.4 is 4.90 Å². The second-order valence-corrected chi connectivity index (χ2v) is 4.71. The molecule has 1 rings (SSSR count). The zero-order valence-electron chi connectivity index (χ0n) is 12.4. The molecule has 0 unspecified atom stereocenters. The van der Waals surface area contributed by atoms with Crippen LogP contribution in [0, 0.1) is 0 Å². The van der Waals surface area contributed by atoms with E-state index >= 15 is 0 Å². The number of hydrogen-bond acceptors (Lipinski definition) is 5. The molecule has 1 aromatic rings. The summed E-state index contributed by atoms with van der Waals surface area (Å²) < 4.78 is 4.99. The van der Waals surface area contributed by atoms with Gasteiger partial charge in [-0.25, -0.2) is 9.97 Å². The number of likely N-dealkylation sites (N-methyl/N-ethyl adjacent to an activating group) is 2. The van der Waals surface area contributed by atoms with E-state index in [4.69, 9.17) is 16.3 Å². The third-order valence-electron chi connectivity index (χ3n) is 2.88. The number of methoxy groups -OCH3 is 1. The molecular formula is C13H21ClN4O2. The summed E-state index contributed by atoms with van der Waals surface area (Å²) in [5, 5.41) is 0.337. The van der Waals surface area contributed by atoms with E-state index in [2.05, 4.69) is 9.97 Å². The average molecular weight is 301 g/mol. The molecule has 0 saturated heterocycles. The zero-order chi connectivity index (χ0) is 15.1. The largest absolute Gasteiger partial charge is 0.377 e. The van der Waals surface area contributed by atoms with E-state index in [1.807, 2.05) is 13.8 Å². The van der Waals surface area contributed by atoms with Gasteiger partial charge in [0.05, 0.1) is 6.54 Å². The number of anilines is 1. The number of rotatable bonds is 7. The Hall–Kier alpha value is -1.40. The molecule has 6 nitrogen and oxygen atoms in total. The van der Waals surface area contributed by atoms with Crippen LogP contribution in [0.25, 0.3) is 0 Å². The van der Waals surface area contributed by atoms with Crippen molar-refractivity contribution < 1.29 is 9.53 Å². The van der Waals surface area contributed by atoms with E-state index in [-0.39, 0.29) is 19.1 Å². The van der Waals surface area contributed by atoms with Gasteiger partial charge in [-0.15, -0.1) is 0 Å². The van der Waals surface area contributed by atoms with Crippen molar-refractivity contribution in [2.75, 3.05) is 38.7 Å². The molecule has 0 fully saturated rings. The van der Waals surface area contributed by atoms with Crippen LogP contribution in [-0.2, 0) is 16.1 Å². The highest BCUT2D eigenvalue weighted by molar-refractivity contribution is 6.29. The Morgan fingerprint density at radius 2 is 2.00 bits per heavy atom. The summed E-state index contributed by atoms with van der Waals surface area (Å²) in [6, 6.07) is 1.64. The normalized spacial score (nSPS) is 10.4. The van der Waals surface area contributed by atoms with Crippen LogP contribution in [0.15, 0.2) is 6.07 Å². The van der Waals surface area contributed by atoms with E-state index in [9.17, 15) is 4.79 Å². The number of aromatic nitrogens is 2. The van der Waals surface area contributed by atoms with Crippen molar-refractivity contribution in [1.29, 1.82) is 0 Å². The zero-order valence-corrected chi connectivity index (χ0v) is 13.1. The molecule has 0 aliphatic rings. The Bertz CT molecular complexity index is 452. The molecule has 0 aliphatic heterocycles. The molecule has 20 heavy (non-hydrogen) atoms. The first-order chi connectivity index (χ1) is 9.51. The van der Waals surface area contributed by atoms with Gasteiger partial charge in [-0.3, -0.25) is 4.79 Å². The summed E-state index contributed by atoms with van der Waals surface area (Å²) in [6.45, 7) is 5.84. The van der Waals surface area contributed by atoms with Crippen molar-refractivity contribution in [3.8, 4) is 0 Å². The highest BCUT2D eigenvalue weighted by Crippen LogP contribution is 2.15. The fraction of sp³-hybridized carbons (Fsp3) is 0.615. The van der Waals surface area contributed by atoms with Crippen molar-refractivity contribution in [1.82, 2.24) is 14.9 Å². The predicted molar refractivity (Wildman–Crippen MR) is 79.0 cm³/mol. The minimum absolute atomic E-state index is 0.0560. The van der Waals surface area contributed by atoms with Crippen LogP contribution in [0.5, 0.6) is 0 Å². The lowest BCUT2D eigenvalue weighted by Gasteiger charge is -2.24. The minimum Gasteiger partial charge on any atom is -0.377 e. The SMILES string of the molecule is CCN(CC)C(=O)CN(C)c1cc(Cl)nc(COC)n1. The van der Waals surface area contributed by atoms with Crippen molar-refractivity contribution in [2.45, 2.75) is 20.5 Å². The van der Waals surface area contributed by atoms with E-state index < -0.39 is 0 Å². The third kappa shape index (κ3) is 4.61. The van der Waals surface area contributed by atoms with Gasteiger partial charge in [0.25, 0.3) is 0 Å². The van der Waals surface area contributed by atoms with Crippen LogP contribution in [0.1, 0.15) is 19.7 Å². The van der Waals surface area contributed by atoms with Gasteiger partial charge in [-0.1, -0.05) is 11.6 Å². The maximum absolute atomic E-state index is 12.1. The third-order valence-corrected chi connectivity index (χ3v) is 3.07. The number of halogens is 1. The number of nitrogens with zero attached hydrogens (tertiary/aromatic N) is 4. The van der Waals surface area contributed by atoms with Gasteiger partial charge < -0.3 is 14.5 Å². The monoisotopic (exact) mass is 300 g/mol. The fourth-order valence-corrected chi connectivity index (χ4v) is 2.00. The van der Waals surface area contributed by atoms with Gasteiger partial charge in [0, 0.05) is 33.3 Å². The van der Waals surface area contributed by atoms with Crippen molar-refractivity contribution >= 4 is 23.3 Å². The second kappa shape index (κ2) is 8.01. The molecule has 0 bridgehead atoms. The number of carbonyl (C=O) groups is 1. The summed E-state index contributed by atoms with van der Waals surface area (Å²) in [6.07, 6.45) is 0. The first-order valence-electron chi connectivity index (χ1n) is 6.53. The molecule has 0 saturated carbocycles. The van der Waals surface area contributed by atoms with Gasteiger partial charge in [-0.2, -0.15) is 0 Å². The number of ether oxygens (including phenoxy) is 1. The molecule has 0 radical (unpaired) electrons. The van der Waals surface area contributed by atoms with Crippen molar-refractivity contribution in [3.05, 3.63) is 17.0 Å². The molecule has 112 valence electrons. The van der Waals surface area contributed by atoms with E-state index in [1.54, 1.807) is 30.0 Å². The molecule has 7 heteroatoms. The predicted octanol–water partition coefficient (Wildman–Crippen LogP) is 1.58. The molecule has 0 N–H and O–H groups in total. The van der Waals surface area contributed by atoms with Crippen LogP contribution in [-0.4, -0.2) is 54.6 Å². The Kier molecular flexibility index (Phi) is 6.67. The lowest BCUT2D eigenvalue weighted by molar-refractivity contribution is -0.129. The average Bonchev–Trinajstić information content (AvgIpc) is 2.39. The Morgan fingerprint density at radius 3 is 2.55 bits per heavy atom. The smallest absolute Gasteiger partial charge is 0.242 e. The Morgan fingerprint density at radius 1 is 1.35 bits per heavy atom. The van der Waals surface area contributed by atoms with Gasteiger partial charge in [0.1, 0.15) is 17.6 Å². The first-order valence-corrected chi connectivity index (χ1v) is 6.90. The quantitative estimate of drug-likeness (QED) is 0.716. The molecule has 0 atom stereocenters. The molecule has 0 spiro atoms. The number of amides is 1. The highest BCUT2D eigenvalue weighted by atomic mass is 35.5. The first kappa shape index (κ1) is 16.7. The Balaban J connectivity index is 2.81. The van der Waals surface area contributed by atoms with Gasteiger partial charge in [0.2, 0.25) is 5.91 Å². The highest BCUT2D eigenvalue weighted by Gasteiger charge is 2.15. The Labute approximate surface area is 124 Å². The summed E-state index contributed by atoms with van der Waals surface area (Å²) in [4.78, 5) is 24.0. The van der Waals surface area contributed by atoms with Gasteiger partial charge >= 0.3 is 0 Å². The summed E-state index contributed by atoms with van der Waals surface area (Å²) >= 11 is 5.95. The molecule has 1 aromatic heterocycles. The van der Waals surface area contributed by atoms with E-state index in [1.165, 1.54) is 0 Å². The lowest BCUT2D eigenvalue weighted by atomic mass is 10.4. The van der Waals surface area contributed by atoms with Crippen LogP contribution in [0.4, 0.5) is 5.82 Å². The molecule has 0 aromatic carbocycles. The standard InChI is InChI=1S/C13H21ClN4O2/c1-5-18(6-2)13(19)8-17(3)12-7-10(14)15-11(16-12)9-20-4/h7H,5-6,8-9H2,1-4H3. The van der Waals surface area contributed by atoms with Crippen LogP contribution in [0.2, 0.25) is 5.15 Å². The van der Waals surface area contributed by atoms with Crippen molar-refractivity contribution in [2.24, 2.45) is 0 Å². The van der Waals surface area contributed by atoms with E-state index in [0.29, 0.717) is 29.9 Å². The summed E-state index contributed by atoms with van der Waals surface area (Å²) in [5.41, 5.74) is 0. The van der Waals surface area contributed by atoms with Crippen LogP contribution >= 0.6 is 11.6 Å². The van der Waals surface area contributed by atoms with Gasteiger partial charge in [-0.05, 0) is 13.8 Å². The maximum Gasteiger partial charge on any atom is 0.242 e. The minimum atomic E-state index is 0.0560. The van der Waals surface area contributed by atoms with Crippen LogP contribution in [0.3, 0.4) is 0 Å². The molecular weight excluding hydrogens is 280 g/mol. The van der Waals surface area contributed by atoms with Crippen molar-refractivity contribution in [3.63, 3.8) is 0 Å². The summed E-state index contributed by atoms with van der Waals surface area (Å²) in [7, 11) is 3.37. The second-order valence-electron chi connectivity index (χ2n) is 4.32. The maximum atomic E-state index is 12.1. The van der Waals surface area contributed by atoms with E-state index in [0.717, 1.165) is 0 Å². The molecule has 0 aliphatic carbocycles. The summed E-state index contributed by atoms with van der Waals surface area (Å²) in [5.74, 6) is 1.16. The molecule has 1 amide bonds. The molecule has 1 heterocycles. The topological polar surface area (TPSA) is 58.6 Å².